The van der Waals surface area contributed by atoms with E-state index in [0.29, 0.717) is 5.56 Å². The van der Waals surface area contributed by atoms with E-state index in [2.05, 4.69) is 6.92 Å². The first-order valence-electron chi connectivity index (χ1n) is 7.16. The average molecular weight is 299 g/mol. The Hall–Kier alpha value is -2.33. The summed E-state index contributed by atoms with van der Waals surface area (Å²) in [5.74, 6) is -0.00144. The molecule has 0 radical (unpaired) electrons. The second-order valence-electron chi connectivity index (χ2n) is 5.47. The normalized spacial score (nSPS) is 12.0. The number of amides is 1. The monoisotopic (exact) mass is 299 g/mol. The number of primary amides is 1. The minimum atomic E-state index is -1.32. The van der Waals surface area contributed by atoms with Gasteiger partial charge in [-0.05, 0) is 60.7 Å². The smallest absolute Gasteiger partial charge is 0.250 e. The molecule has 2 rings (SSSR count). The van der Waals surface area contributed by atoms with Crippen LogP contribution in [-0.2, 0) is 11.4 Å². The van der Waals surface area contributed by atoms with Crippen molar-refractivity contribution in [1.29, 1.82) is 0 Å². The van der Waals surface area contributed by atoms with Crippen molar-refractivity contribution in [3.63, 3.8) is 0 Å². The van der Waals surface area contributed by atoms with Crippen molar-refractivity contribution in [2.24, 2.45) is 5.73 Å². The van der Waals surface area contributed by atoms with Gasteiger partial charge in [-0.15, -0.1) is 0 Å². The van der Waals surface area contributed by atoms with Crippen molar-refractivity contribution in [3.8, 4) is 5.75 Å². The molecule has 0 fully saturated rings. The molecule has 0 saturated heterocycles. The summed E-state index contributed by atoms with van der Waals surface area (Å²) in [6.45, 7) is 6.43. The quantitative estimate of drug-likeness (QED) is 0.891. The van der Waals surface area contributed by atoms with Crippen molar-refractivity contribution in [2.75, 3.05) is 0 Å². The highest BCUT2D eigenvalue weighted by Crippen LogP contribution is 2.24. The fourth-order valence-corrected chi connectivity index (χ4v) is 2.33. The van der Waals surface area contributed by atoms with Crippen LogP contribution in [0.25, 0.3) is 0 Å². The Kier molecular flexibility index (Phi) is 4.83. The van der Waals surface area contributed by atoms with Crippen molar-refractivity contribution in [2.45, 2.75) is 33.5 Å². The number of aryl methyl sites for hydroxylation is 2. The molecule has 1 atom stereocenters. The number of aliphatic hydroxyl groups is 1. The molecule has 3 N–H and O–H groups in total. The largest absolute Gasteiger partial charge is 0.489 e. The van der Waals surface area contributed by atoms with E-state index in [9.17, 15) is 9.90 Å². The molecule has 4 heteroatoms. The minimum Gasteiger partial charge on any atom is -0.489 e. The second kappa shape index (κ2) is 6.62. The van der Waals surface area contributed by atoms with Gasteiger partial charge in [-0.3, -0.25) is 4.79 Å². The fourth-order valence-electron chi connectivity index (χ4n) is 2.33. The molecule has 2 aromatic rings. The molecule has 0 heterocycles. The van der Waals surface area contributed by atoms with Gasteiger partial charge in [0.05, 0.1) is 0 Å². The highest BCUT2D eigenvalue weighted by Gasteiger charge is 2.17. The van der Waals surface area contributed by atoms with E-state index in [4.69, 9.17) is 10.5 Å². The van der Waals surface area contributed by atoms with Gasteiger partial charge in [0.15, 0.2) is 6.10 Å². The predicted octanol–water partition coefficient (Wildman–Crippen LogP) is 2.71. The van der Waals surface area contributed by atoms with Crippen LogP contribution in [0.3, 0.4) is 0 Å². The molecule has 0 aliphatic rings. The Morgan fingerprint density at radius 3 is 2.36 bits per heavy atom. The van der Waals surface area contributed by atoms with Crippen LogP contribution in [0.1, 0.15) is 33.9 Å². The number of hydrogen-bond donors (Lipinski definition) is 2. The number of aliphatic hydroxyl groups excluding tert-OH is 1. The summed E-state index contributed by atoms with van der Waals surface area (Å²) in [6.07, 6.45) is -1.32. The number of benzene rings is 2. The van der Waals surface area contributed by atoms with Crippen molar-refractivity contribution in [1.82, 2.24) is 0 Å². The molecule has 0 aromatic heterocycles. The first kappa shape index (κ1) is 16.0. The Labute approximate surface area is 130 Å². The third-order valence-electron chi connectivity index (χ3n) is 3.91. The van der Waals surface area contributed by atoms with E-state index in [0.717, 1.165) is 11.3 Å². The fraction of sp³-hybridized carbons (Fsp3) is 0.278. The number of carbonyl (C=O) groups is 1. The van der Waals surface area contributed by atoms with Gasteiger partial charge in [-0.1, -0.05) is 24.3 Å². The summed E-state index contributed by atoms with van der Waals surface area (Å²) in [6, 6.07) is 11.0. The van der Waals surface area contributed by atoms with E-state index >= 15 is 0 Å². The molecular formula is C18H21NO3. The zero-order valence-corrected chi connectivity index (χ0v) is 13.1. The Morgan fingerprint density at radius 2 is 1.77 bits per heavy atom. The number of hydrogen-bond acceptors (Lipinski definition) is 3. The van der Waals surface area contributed by atoms with Crippen LogP contribution in [0.4, 0.5) is 0 Å². The summed E-state index contributed by atoms with van der Waals surface area (Å²) in [4.78, 5) is 11.2. The number of carbonyl (C=O) groups excluding carboxylic acids is 1. The first-order chi connectivity index (χ1) is 10.4. The third-order valence-corrected chi connectivity index (χ3v) is 3.91. The molecule has 1 unspecified atom stereocenters. The lowest BCUT2D eigenvalue weighted by Crippen LogP contribution is -2.22. The Bertz CT molecular complexity index is 671. The summed E-state index contributed by atoms with van der Waals surface area (Å²) in [5, 5.41) is 9.87. The Balaban J connectivity index is 2.20. The standard InChI is InChI=1S/C18H21NO3/c1-11-8-15(9-12(2)13(11)3)22-10-14-6-4-5-7-16(14)17(20)18(19)21/h4-9,17,20H,10H2,1-3H3,(H2,19,21). The highest BCUT2D eigenvalue weighted by molar-refractivity contribution is 5.80. The summed E-state index contributed by atoms with van der Waals surface area (Å²) in [5.41, 5.74) is 9.97. The lowest BCUT2D eigenvalue weighted by molar-refractivity contribution is -0.126. The van der Waals surface area contributed by atoms with Gasteiger partial charge in [0.25, 0.3) is 5.91 Å². The van der Waals surface area contributed by atoms with Crippen LogP contribution in [-0.4, -0.2) is 11.0 Å². The van der Waals surface area contributed by atoms with Crippen LogP contribution in [0.5, 0.6) is 5.75 Å². The molecule has 1 amide bonds. The number of nitrogens with two attached hydrogens (primary N) is 1. The van der Waals surface area contributed by atoms with Gasteiger partial charge in [0, 0.05) is 0 Å². The first-order valence-corrected chi connectivity index (χ1v) is 7.16. The average Bonchev–Trinajstić information content (AvgIpc) is 2.49. The summed E-state index contributed by atoms with van der Waals surface area (Å²) >= 11 is 0. The number of rotatable bonds is 5. The van der Waals surface area contributed by atoms with Crippen LogP contribution >= 0.6 is 0 Å². The second-order valence-corrected chi connectivity index (χ2v) is 5.47. The molecule has 0 aliphatic carbocycles. The minimum absolute atomic E-state index is 0.266. The van der Waals surface area contributed by atoms with E-state index in [1.807, 2.05) is 38.1 Å². The molecule has 0 saturated carbocycles. The maximum atomic E-state index is 11.2. The van der Waals surface area contributed by atoms with Gasteiger partial charge < -0.3 is 15.6 Å². The molecule has 4 nitrogen and oxygen atoms in total. The molecule has 22 heavy (non-hydrogen) atoms. The van der Waals surface area contributed by atoms with Crippen LogP contribution in [0.15, 0.2) is 36.4 Å². The van der Waals surface area contributed by atoms with Crippen molar-refractivity contribution in [3.05, 3.63) is 64.2 Å². The predicted molar refractivity (Wildman–Crippen MR) is 85.6 cm³/mol. The van der Waals surface area contributed by atoms with Gasteiger partial charge in [0.2, 0.25) is 0 Å². The summed E-state index contributed by atoms with van der Waals surface area (Å²) < 4.78 is 5.82. The lowest BCUT2D eigenvalue weighted by atomic mass is 10.0. The third kappa shape index (κ3) is 3.46. The van der Waals surface area contributed by atoms with Gasteiger partial charge in [0.1, 0.15) is 12.4 Å². The van der Waals surface area contributed by atoms with E-state index < -0.39 is 12.0 Å². The van der Waals surface area contributed by atoms with E-state index in [1.54, 1.807) is 12.1 Å². The van der Waals surface area contributed by atoms with Crippen LogP contribution in [0, 0.1) is 20.8 Å². The molecule has 116 valence electrons. The zero-order chi connectivity index (χ0) is 16.3. The Morgan fingerprint density at radius 1 is 1.18 bits per heavy atom. The van der Waals surface area contributed by atoms with Crippen LogP contribution < -0.4 is 10.5 Å². The zero-order valence-electron chi connectivity index (χ0n) is 13.1. The maximum absolute atomic E-state index is 11.2. The van der Waals surface area contributed by atoms with Gasteiger partial charge in [-0.2, -0.15) is 0 Å². The lowest BCUT2D eigenvalue weighted by Gasteiger charge is -2.15. The SMILES string of the molecule is Cc1cc(OCc2ccccc2C(O)C(N)=O)cc(C)c1C. The van der Waals surface area contributed by atoms with E-state index in [1.165, 1.54) is 16.7 Å². The highest BCUT2D eigenvalue weighted by atomic mass is 16.5. The molecule has 0 spiro atoms. The van der Waals surface area contributed by atoms with Crippen LogP contribution in [0.2, 0.25) is 0 Å². The molecule has 0 bridgehead atoms. The molecule has 2 aromatic carbocycles. The van der Waals surface area contributed by atoms with Gasteiger partial charge >= 0.3 is 0 Å². The number of ether oxygens (including phenoxy) is 1. The molecule has 0 aliphatic heterocycles. The van der Waals surface area contributed by atoms with Gasteiger partial charge in [-0.25, -0.2) is 0 Å². The maximum Gasteiger partial charge on any atom is 0.250 e. The van der Waals surface area contributed by atoms with E-state index in [-0.39, 0.29) is 6.61 Å². The van der Waals surface area contributed by atoms with Crippen molar-refractivity contribution < 1.29 is 14.6 Å². The summed E-state index contributed by atoms with van der Waals surface area (Å²) in [7, 11) is 0. The topological polar surface area (TPSA) is 72.6 Å². The van der Waals surface area contributed by atoms with Crippen molar-refractivity contribution >= 4 is 5.91 Å². The molecular weight excluding hydrogens is 278 g/mol.